The number of rotatable bonds is 3. The number of amides is 1. The highest BCUT2D eigenvalue weighted by Gasteiger charge is 2.25. The summed E-state index contributed by atoms with van der Waals surface area (Å²) in [5.74, 6) is 0.701. The lowest BCUT2D eigenvalue weighted by Gasteiger charge is -2.19. The molecule has 0 aromatic carbocycles. The van der Waals surface area contributed by atoms with Crippen molar-refractivity contribution in [3.05, 3.63) is 0 Å². The van der Waals surface area contributed by atoms with Gasteiger partial charge in [0.05, 0.1) is 0 Å². The number of hydrogen-bond donors (Lipinski definition) is 1. The van der Waals surface area contributed by atoms with Gasteiger partial charge in [0.2, 0.25) is 5.91 Å². The second kappa shape index (κ2) is 5.22. The van der Waals surface area contributed by atoms with Crippen LogP contribution in [0.15, 0.2) is 0 Å². The van der Waals surface area contributed by atoms with Crippen molar-refractivity contribution in [2.75, 3.05) is 20.3 Å². The van der Waals surface area contributed by atoms with E-state index in [0.29, 0.717) is 12.5 Å². The molecule has 0 aromatic rings. The van der Waals surface area contributed by atoms with Crippen molar-refractivity contribution in [2.24, 2.45) is 11.8 Å². The fraction of sp³-hybridized carbons (Fsp3) is 0.900. The molecule has 0 aliphatic carbocycles. The molecule has 1 aliphatic rings. The molecule has 3 nitrogen and oxygen atoms in total. The average Bonchev–Trinajstić information content (AvgIpc) is 2.30. The monoisotopic (exact) mass is 185 g/mol. The summed E-state index contributed by atoms with van der Waals surface area (Å²) in [6.45, 7) is 3.60. The minimum atomic E-state index is 0.155. The Hall–Kier alpha value is -0.570. The summed E-state index contributed by atoms with van der Waals surface area (Å²) in [5.41, 5.74) is 0. The second-order valence-electron chi connectivity index (χ2n) is 3.83. The molecule has 1 saturated heterocycles. The fourth-order valence-corrected chi connectivity index (χ4v) is 1.89. The Labute approximate surface area is 79.8 Å². The maximum Gasteiger partial charge on any atom is 0.223 e. The third kappa shape index (κ3) is 2.99. The molecule has 2 unspecified atom stereocenters. The molecule has 0 spiro atoms. The first-order chi connectivity index (χ1) is 6.25. The summed E-state index contributed by atoms with van der Waals surface area (Å²) in [5, 5.41) is 2.94. The largest absolute Gasteiger partial charge is 0.384 e. The lowest BCUT2D eigenvalue weighted by Crippen LogP contribution is -2.33. The topological polar surface area (TPSA) is 38.3 Å². The maximum absolute atomic E-state index is 11.6. The maximum atomic E-state index is 11.6. The smallest absolute Gasteiger partial charge is 0.223 e. The van der Waals surface area contributed by atoms with Gasteiger partial charge in [-0.2, -0.15) is 0 Å². The number of methoxy groups -OCH3 is 1. The van der Waals surface area contributed by atoms with E-state index in [1.165, 1.54) is 0 Å². The first kappa shape index (κ1) is 10.5. The minimum absolute atomic E-state index is 0.155. The van der Waals surface area contributed by atoms with Gasteiger partial charge in [0, 0.05) is 26.2 Å². The molecular weight excluding hydrogens is 166 g/mol. The summed E-state index contributed by atoms with van der Waals surface area (Å²) in [6, 6.07) is 0. The van der Waals surface area contributed by atoms with Gasteiger partial charge in [-0.05, 0) is 18.8 Å². The van der Waals surface area contributed by atoms with Gasteiger partial charge in [-0.1, -0.05) is 13.3 Å². The summed E-state index contributed by atoms with van der Waals surface area (Å²) < 4.78 is 5.07. The van der Waals surface area contributed by atoms with E-state index in [9.17, 15) is 4.79 Å². The quantitative estimate of drug-likeness (QED) is 0.717. The van der Waals surface area contributed by atoms with Crippen LogP contribution in [-0.2, 0) is 9.53 Å². The van der Waals surface area contributed by atoms with E-state index in [1.54, 1.807) is 7.11 Å². The highest BCUT2D eigenvalue weighted by molar-refractivity contribution is 5.79. The zero-order chi connectivity index (χ0) is 9.68. The van der Waals surface area contributed by atoms with Crippen LogP contribution in [0, 0.1) is 11.8 Å². The predicted molar refractivity (Wildman–Crippen MR) is 51.4 cm³/mol. The lowest BCUT2D eigenvalue weighted by atomic mass is 9.90. The van der Waals surface area contributed by atoms with Crippen molar-refractivity contribution >= 4 is 5.91 Å². The molecule has 13 heavy (non-hydrogen) atoms. The molecule has 76 valence electrons. The van der Waals surface area contributed by atoms with Crippen LogP contribution in [0.5, 0.6) is 0 Å². The first-order valence-corrected chi connectivity index (χ1v) is 5.02. The van der Waals surface area contributed by atoms with Crippen LogP contribution in [0.3, 0.4) is 0 Å². The average molecular weight is 185 g/mol. The van der Waals surface area contributed by atoms with Gasteiger partial charge >= 0.3 is 0 Å². The Kier molecular flexibility index (Phi) is 4.22. The highest BCUT2D eigenvalue weighted by atomic mass is 16.5. The molecule has 1 heterocycles. The van der Waals surface area contributed by atoms with Crippen LogP contribution in [0.1, 0.15) is 26.2 Å². The van der Waals surface area contributed by atoms with Crippen LogP contribution >= 0.6 is 0 Å². The van der Waals surface area contributed by atoms with Gasteiger partial charge in [-0.25, -0.2) is 0 Å². The molecule has 0 aromatic heterocycles. The molecular formula is C10H19NO2. The predicted octanol–water partition coefficient (Wildman–Crippen LogP) is 1.19. The van der Waals surface area contributed by atoms with Crippen LogP contribution in [0.2, 0.25) is 0 Å². The Morgan fingerprint density at radius 1 is 1.62 bits per heavy atom. The minimum Gasteiger partial charge on any atom is -0.384 e. The van der Waals surface area contributed by atoms with Crippen LogP contribution in [0.25, 0.3) is 0 Å². The van der Waals surface area contributed by atoms with Gasteiger partial charge in [0.25, 0.3) is 0 Å². The van der Waals surface area contributed by atoms with E-state index >= 15 is 0 Å². The van der Waals surface area contributed by atoms with Gasteiger partial charge in [0.1, 0.15) is 0 Å². The van der Waals surface area contributed by atoms with Crippen molar-refractivity contribution in [1.82, 2.24) is 5.32 Å². The van der Waals surface area contributed by atoms with Crippen LogP contribution < -0.4 is 5.32 Å². The van der Waals surface area contributed by atoms with Crippen molar-refractivity contribution in [3.8, 4) is 0 Å². The summed E-state index contributed by atoms with van der Waals surface area (Å²) in [4.78, 5) is 11.6. The van der Waals surface area contributed by atoms with E-state index in [-0.39, 0.29) is 11.8 Å². The molecule has 0 bridgehead atoms. The summed E-state index contributed by atoms with van der Waals surface area (Å²) in [7, 11) is 1.69. The fourth-order valence-electron chi connectivity index (χ4n) is 1.89. The molecule has 2 atom stereocenters. The Bertz CT molecular complexity index is 170. The number of carbonyl (C=O) groups is 1. The Balaban J connectivity index is 2.48. The van der Waals surface area contributed by atoms with Crippen LogP contribution in [-0.4, -0.2) is 26.2 Å². The van der Waals surface area contributed by atoms with E-state index in [4.69, 9.17) is 4.74 Å². The molecule has 0 radical (unpaired) electrons. The van der Waals surface area contributed by atoms with Gasteiger partial charge in [-0.15, -0.1) is 0 Å². The van der Waals surface area contributed by atoms with Gasteiger partial charge in [0.15, 0.2) is 0 Å². The van der Waals surface area contributed by atoms with Crippen LogP contribution in [0.4, 0.5) is 0 Å². The molecule has 1 rings (SSSR count). The van der Waals surface area contributed by atoms with Crippen molar-refractivity contribution < 1.29 is 9.53 Å². The first-order valence-electron chi connectivity index (χ1n) is 5.02. The third-order valence-corrected chi connectivity index (χ3v) is 2.69. The van der Waals surface area contributed by atoms with Gasteiger partial charge in [-0.3, -0.25) is 4.79 Å². The van der Waals surface area contributed by atoms with Crippen molar-refractivity contribution in [1.29, 1.82) is 0 Å². The zero-order valence-corrected chi connectivity index (χ0v) is 8.51. The molecule has 1 N–H and O–H groups in total. The molecule has 3 heteroatoms. The molecule has 0 saturated carbocycles. The standard InChI is InChI=1S/C10H19NO2/c1-8(7-13-2)9-5-3-4-6-11-10(9)12/h8-9H,3-7H2,1-2H3,(H,11,12). The van der Waals surface area contributed by atoms with E-state index in [0.717, 1.165) is 25.8 Å². The Morgan fingerprint density at radius 2 is 2.38 bits per heavy atom. The molecule has 1 amide bonds. The lowest BCUT2D eigenvalue weighted by molar-refractivity contribution is -0.126. The highest BCUT2D eigenvalue weighted by Crippen LogP contribution is 2.21. The van der Waals surface area contributed by atoms with Crippen molar-refractivity contribution in [2.45, 2.75) is 26.2 Å². The second-order valence-corrected chi connectivity index (χ2v) is 3.83. The number of hydrogen-bond acceptors (Lipinski definition) is 2. The van der Waals surface area contributed by atoms with E-state index in [2.05, 4.69) is 12.2 Å². The number of ether oxygens (including phenoxy) is 1. The summed E-state index contributed by atoms with van der Waals surface area (Å²) in [6.07, 6.45) is 3.27. The van der Waals surface area contributed by atoms with E-state index < -0.39 is 0 Å². The SMILES string of the molecule is COCC(C)C1CCCCNC1=O. The van der Waals surface area contributed by atoms with Gasteiger partial charge < -0.3 is 10.1 Å². The molecule has 1 fully saturated rings. The number of carbonyl (C=O) groups excluding carboxylic acids is 1. The molecule has 1 aliphatic heterocycles. The third-order valence-electron chi connectivity index (χ3n) is 2.69. The Morgan fingerprint density at radius 3 is 3.08 bits per heavy atom. The van der Waals surface area contributed by atoms with Crippen molar-refractivity contribution in [3.63, 3.8) is 0 Å². The normalized spacial score (nSPS) is 26.3. The van der Waals surface area contributed by atoms with E-state index in [1.807, 2.05) is 0 Å². The number of nitrogens with one attached hydrogen (secondary N) is 1. The zero-order valence-electron chi connectivity index (χ0n) is 8.51. The summed E-state index contributed by atoms with van der Waals surface area (Å²) >= 11 is 0.